The number of hydrogen-bond donors (Lipinski definition) is 0. The molecule has 0 saturated heterocycles. The lowest BCUT2D eigenvalue weighted by molar-refractivity contribution is -0.130. The monoisotopic (exact) mass is 353 g/mol. The first-order valence-corrected chi connectivity index (χ1v) is 7.62. The van der Waals surface area contributed by atoms with Crippen LogP contribution >= 0.6 is 22.9 Å². The second-order valence-electron chi connectivity index (χ2n) is 6.27. The van der Waals surface area contributed by atoms with E-state index in [2.05, 4.69) is 12.2 Å². The number of fused-ring (bicyclic) bond motifs is 11. The van der Waals surface area contributed by atoms with Gasteiger partial charge in [-0.1, -0.05) is 12.2 Å². The van der Waals surface area contributed by atoms with Crippen LogP contribution in [0.5, 0.6) is 0 Å². The Hall–Kier alpha value is -0.650. The van der Waals surface area contributed by atoms with Crippen LogP contribution < -0.4 is 0 Å². The smallest absolute Gasteiger partial charge is 0.266 e. The van der Waals surface area contributed by atoms with E-state index in [4.69, 9.17) is 0 Å². The number of allylic oxidation sites excluding steroid dienone is 2. The Balaban J connectivity index is 1.68. The molecule has 0 aromatic rings. The third-order valence-corrected chi connectivity index (χ3v) is 6.75. The van der Waals surface area contributed by atoms with Gasteiger partial charge in [-0.2, -0.15) is 0 Å². The van der Waals surface area contributed by atoms with E-state index < -0.39 is 0 Å². The first-order valence-electron chi connectivity index (χ1n) is 6.65. The van der Waals surface area contributed by atoms with Crippen LogP contribution in [0.2, 0.25) is 0 Å². The largest absolute Gasteiger partial charge is 0.268 e. The van der Waals surface area contributed by atoms with E-state index in [9.17, 15) is 9.59 Å². The minimum Gasteiger partial charge on any atom is -0.268 e. The Bertz CT molecular complexity index is 532. The molecule has 4 bridgehead atoms. The molecule has 6 atom stereocenters. The highest BCUT2D eigenvalue weighted by atomic mass is 127. The number of hydrogen-bond acceptors (Lipinski definition) is 2. The molecule has 1 heterocycles. The fraction of sp³-hybridized carbons (Fsp3) is 0.571. The van der Waals surface area contributed by atoms with E-state index in [-0.39, 0.29) is 11.8 Å². The summed E-state index contributed by atoms with van der Waals surface area (Å²) in [7, 11) is 0. The van der Waals surface area contributed by atoms with Gasteiger partial charge in [0, 0.05) is 11.1 Å². The summed E-state index contributed by atoms with van der Waals surface area (Å²) in [6.45, 7) is 0. The highest BCUT2D eigenvalue weighted by Gasteiger charge is 2.65. The van der Waals surface area contributed by atoms with Gasteiger partial charge in [0.2, 0.25) is 0 Å². The zero-order chi connectivity index (χ0) is 12.2. The Kier molecular flexibility index (Phi) is 1.65. The Labute approximate surface area is 119 Å². The maximum absolute atomic E-state index is 12.2. The highest BCUT2D eigenvalue weighted by molar-refractivity contribution is 14.1. The topological polar surface area (TPSA) is 37.4 Å². The van der Waals surface area contributed by atoms with E-state index in [1.807, 2.05) is 22.9 Å². The second-order valence-corrected chi connectivity index (χ2v) is 7.24. The second kappa shape index (κ2) is 2.92. The summed E-state index contributed by atoms with van der Waals surface area (Å²) < 4.78 is 1.30. The van der Waals surface area contributed by atoms with Crippen LogP contribution in [0.25, 0.3) is 0 Å². The molecular formula is C14H12INO2. The minimum atomic E-state index is -0.0201. The lowest BCUT2D eigenvalue weighted by atomic mass is 9.71. The van der Waals surface area contributed by atoms with Gasteiger partial charge in [-0.15, -0.1) is 0 Å². The number of carbonyl (C=O) groups is 2. The molecule has 0 spiro atoms. The third kappa shape index (κ3) is 0.868. The van der Waals surface area contributed by atoms with Crippen molar-refractivity contribution in [2.75, 3.05) is 0 Å². The van der Waals surface area contributed by atoms with E-state index >= 15 is 0 Å². The SMILES string of the molecule is O=C1C2=C(C(=O)N1I)C1CC2C2C3C=CC(C3)C12. The average Bonchev–Trinajstić information content (AvgIpc) is 3.11. The molecular weight excluding hydrogens is 341 g/mol. The highest BCUT2D eigenvalue weighted by Crippen LogP contribution is 2.68. The number of carbonyl (C=O) groups excluding carboxylic acids is 2. The number of nitrogens with zero attached hydrogens (tertiary/aromatic N) is 1. The van der Waals surface area contributed by atoms with Crippen molar-refractivity contribution < 1.29 is 9.59 Å². The third-order valence-electron chi connectivity index (χ3n) is 5.87. The van der Waals surface area contributed by atoms with E-state index in [1.54, 1.807) is 0 Å². The molecule has 0 aromatic heterocycles. The van der Waals surface area contributed by atoms with E-state index in [0.29, 0.717) is 35.5 Å². The van der Waals surface area contributed by atoms with Crippen molar-refractivity contribution in [2.24, 2.45) is 35.5 Å². The summed E-state index contributed by atoms with van der Waals surface area (Å²) in [6.07, 6.45) is 7.04. The van der Waals surface area contributed by atoms with Gasteiger partial charge >= 0.3 is 0 Å². The quantitative estimate of drug-likeness (QED) is 0.220. The van der Waals surface area contributed by atoms with Gasteiger partial charge in [0.15, 0.2) is 0 Å². The molecule has 4 heteroatoms. The molecule has 5 rings (SSSR count). The molecule has 3 nitrogen and oxygen atoms in total. The van der Waals surface area contributed by atoms with Gasteiger partial charge in [-0.25, -0.2) is 3.11 Å². The molecule has 92 valence electrons. The minimum absolute atomic E-state index is 0.0201. The lowest BCUT2D eigenvalue weighted by Crippen LogP contribution is -2.28. The number of rotatable bonds is 0. The van der Waals surface area contributed by atoms with Crippen LogP contribution in [-0.4, -0.2) is 14.9 Å². The van der Waals surface area contributed by atoms with E-state index in [1.165, 1.54) is 9.53 Å². The van der Waals surface area contributed by atoms with E-state index in [0.717, 1.165) is 17.6 Å². The van der Waals surface area contributed by atoms with Crippen molar-refractivity contribution in [3.05, 3.63) is 23.3 Å². The van der Waals surface area contributed by atoms with Gasteiger partial charge in [-0.05, 0) is 48.3 Å². The first-order chi connectivity index (χ1) is 8.68. The van der Waals surface area contributed by atoms with Crippen molar-refractivity contribution in [3.8, 4) is 0 Å². The molecule has 2 fully saturated rings. The predicted molar refractivity (Wildman–Crippen MR) is 72.2 cm³/mol. The van der Waals surface area contributed by atoms with Crippen LogP contribution in [0.3, 0.4) is 0 Å². The molecule has 2 saturated carbocycles. The number of amides is 2. The maximum Gasteiger partial charge on any atom is 0.266 e. The molecule has 0 N–H and O–H groups in total. The molecule has 0 radical (unpaired) electrons. The fourth-order valence-electron chi connectivity index (χ4n) is 5.49. The summed E-state index contributed by atoms with van der Waals surface area (Å²) in [5.74, 6) is 3.39. The molecule has 5 aliphatic rings. The van der Waals surface area contributed by atoms with Crippen LogP contribution in [0.4, 0.5) is 0 Å². The molecule has 2 amide bonds. The Morgan fingerprint density at radius 2 is 1.44 bits per heavy atom. The summed E-state index contributed by atoms with van der Waals surface area (Å²) in [4.78, 5) is 24.4. The summed E-state index contributed by atoms with van der Waals surface area (Å²) in [5.41, 5.74) is 1.78. The number of imide groups is 1. The predicted octanol–water partition coefficient (Wildman–Crippen LogP) is 2.09. The van der Waals surface area contributed by atoms with Crippen molar-refractivity contribution in [1.29, 1.82) is 0 Å². The van der Waals surface area contributed by atoms with Crippen LogP contribution in [0, 0.1) is 35.5 Å². The lowest BCUT2D eigenvalue weighted by Gasteiger charge is -2.31. The summed E-state index contributed by atoms with van der Waals surface area (Å²) >= 11 is 1.87. The van der Waals surface area contributed by atoms with Gasteiger partial charge in [0.25, 0.3) is 11.8 Å². The summed E-state index contributed by atoms with van der Waals surface area (Å²) in [5, 5.41) is 0. The van der Waals surface area contributed by atoms with Gasteiger partial charge in [0.05, 0.1) is 22.9 Å². The van der Waals surface area contributed by atoms with Crippen molar-refractivity contribution >= 4 is 34.7 Å². The normalized spacial score (nSPS) is 50.8. The van der Waals surface area contributed by atoms with Crippen molar-refractivity contribution in [3.63, 3.8) is 0 Å². The molecule has 4 aliphatic carbocycles. The van der Waals surface area contributed by atoms with Gasteiger partial charge in [-0.3, -0.25) is 9.59 Å². The maximum atomic E-state index is 12.2. The zero-order valence-corrected chi connectivity index (χ0v) is 11.8. The molecule has 6 unspecified atom stereocenters. The first kappa shape index (κ1) is 10.2. The van der Waals surface area contributed by atoms with Crippen molar-refractivity contribution in [2.45, 2.75) is 12.8 Å². The van der Waals surface area contributed by atoms with Gasteiger partial charge < -0.3 is 0 Å². The van der Waals surface area contributed by atoms with Crippen LogP contribution in [-0.2, 0) is 9.59 Å². The summed E-state index contributed by atoms with van der Waals surface area (Å²) in [6, 6.07) is 0. The van der Waals surface area contributed by atoms with Crippen LogP contribution in [0.15, 0.2) is 23.3 Å². The zero-order valence-electron chi connectivity index (χ0n) is 9.67. The molecule has 1 aliphatic heterocycles. The standard InChI is InChI=1S/C14H12INO2/c15-16-13(17)11-7-4-8(12(11)14(16)18)10-6-2-1-5(3-6)9(7)10/h1-2,5-10H,3-4H2. The Morgan fingerprint density at radius 1 is 0.944 bits per heavy atom. The van der Waals surface area contributed by atoms with Crippen LogP contribution in [0.1, 0.15) is 12.8 Å². The molecule has 18 heavy (non-hydrogen) atoms. The van der Waals surface area contributed by atoms with Gasteiger partial charge in [0.1, 0.15) is 0 Å². The average molecular weight is 353 g/mol. The van der Waals surface area contributed by atoms with Crippen molar-refractivity contribution in [1.82, 2.24) is 3.11 Å². The Morgan fingerprint density at radius 3 is 1.94 bits per heavy atom. The fourth-order valence-corrected chi connectivity index (χ4v) is 6.01. The number of halogens is 1. The molecule has 0 aromatic carbocycles.